The van der Waals surface area contributed by atoms with E-state index in [1.165, 1.54) is 5.56 Å². The molecule has 0 radical (unpaired) electrons. The summed E-state index contributed by atoms with van der Waals surface area (Å²) in [4.78, 5) is 0. The van der Waals surface area contributed by atoms with Crippen LogP contribution in [0.2, 0.25) is 0 Å². The lowest BCUT2D eigenvalue weighted by atomic mass is 10.2. The third-order valence-corrected chi connectivity index (χ3v) is 1.84. The lowest BCUT2D eigenvalue weighted by Crippen LogP contribution is -1.92. The molecule has 1 nitrogen and oxygen atoms in total. The van der Waals surface area contributed by atoms with Gasteiger partial charge in [0.1, 0.15) is 12.4 Å². The molecule has 0 aliphatic carbocycles. The molecule has 0 aliphatic heterocycles. The number of ether oxygens (including phenoxy) is 1. The molecule has 1 aromatic carbocycles. The lowest BCUT2D eigenvalue weighted by molar-refractivity contribution is 0.197. The number of rotatable bonds is 4. The molecule has 0 saturated carbocycles. The zero-order valence-corrected chi connectivity index (χ0v) is 8.22. The molecule has 0 saturated heterocycles. The van der Waals surface area contributed by atoms with Crippen molar-refractivity contribution in [1.29, 1.82) is 0 Å². The Morgan fingerprint density at radius 2 is 1.86 bits per heavy atom. The monoisotopic (exact) mass is 192 g/mol. The van der Waals surface area contributed by atoms with Gasteiger partial charge in [0.05, 0.1) is 0 Å². The van der Waals surface area contributed by atoms with Gasteiger partial charge in [-0.15, -0.1) is 0 Å². The summed E-state index contributed by atoms with van der Waals surface area (Å²) in [7, 11) is 0. The average molecular weight is 192 g/mol. The summed E-state index contributed by atoms with van der Waals surface area (Å²) in [6.45, 7) is 8.81. The maximum absolute atomic E-state index is 12.4. The topological polar surface area (TPSA) is 9.23 Å². The highest BCUT2D eigenvalue weighted by atomic mass is 19.1. The van der Waals surface area contributed by atoms with Crippen molar-refractivity contribution < 1.29 is 9.13 Å². The molecule has 0 bridgehead atoms. The van der Waals surface area contributed by atoms with Gasteiger partial charge in [0.15, 0.2) is 5.83 Å². The molecule has 0 spiro atoms. The Hall–Kier alpha value is -1.57. The third kappa shape index (κ3) is 3.05. The molecule has 74 valence electrons. The van der Waals surface area contributed by atoms with Crippen LogP contribution in [-0.4, -0.2) is 0 Å². The minimum absolute atomic E-state index is 0.00873. The van der Waals surface area contributed by atoms with Gasteiger partial charge >= 0.3 is 0 Å². The lowest BCUT2D eigenvalue weighted by Gasteiger charge is -2.06. The van der Waals surface area contributed by atoms with E-state index in [2.05, 4.69) is 13.2 Å². The summed E-state index contributed by atoms with van der Waals surface area (Å²) in [5, 5.41) is 0. The van der Waals surface area contributed by atoms with Crippen molar-refractivity contribution in [3.05, 3.63) is 60.1 Å². The van der Waals surface area contributed by atoms with Crippen molar-refractivity contribution in [2.75, 3.05) is 0 Å². The Bertz CT molecular complexity index is 338. The van der Waals surface area contributed by atoms with E-state index in [-0.39, 0.29) is 5.76 Å². The fourth-order valence-corrected chi connectivity index (χ4v) is 0.933. The molecule has 0 unspecified atom stereocenters. The highest BCUT2D eigenvalue weighted by molar-refractivity contribution is 5.21. The normalized spacial score (nSPS) is 9.57. The van der Waals surface area contributed by atoms with Crippen LogP contribution in [0.3, 0.4) is 0 Å². The number of allylic oxidation sites excluding steroid dienone is 1. The number of benzene rings is 1. The van der Waals surface area contributed by atoms with Gasteiger partial charge in [-0.25, -0.2) is 4.39 Å². The fraction of sp³-hybridized carbons (Fsp3) is 0.167. The largest absolute Gasteiger partial charge is 0.486 e. The molecule has 0 aliphatic rings. The van der Waals surface area contributed by atoms with Crippen LogP contribution >= 0.6 is 0 Å². The molecule has 0 atom stereocenters. The summed E-state index contributed by atoms with van der Waals surface area (Å²) in [5.41, 5.74) is 2.17. The summed E-state index contributed by atoms with van der Waals surface area (Å²) < 4.78 is 17.5. The van der Waals surface area contributed by atoms with E-state index >= 15 is 0 Å². The van der Waals surface area contributed by atoms with Crippen LogP contribution in [-0.2, 0) is 11.3 Å². The number of halogens is 1. The van der Waals surface area contributed by atoms with Crippen molar-refractivity contribution in [2.45, 2.75) is 13.5 Å². The van der Waals surface area contributed by atoms with Crippen LogP contribution in [0.1, 0.15) is 11.1 Å². The Morgan fingerprint density at radius 3 is 2.36 bits per heavy atom. The summed E-state index contributed by atoms with van der Waals surface area (Å²) in [5.74, 6) is -0.636. The Kier molecular flexibility index (Phi) is 3.46. The molecule has 0 heterocycles. The van der Waals surface area contributed by atoms with E-state index in [4.69, 9.17) is 4.74 Å². The van der Waals surface area contributed by atoms with Crippen LogP contribution in [0.5, 0.6) is 0 Å². The van der Waals surface area contributed by atoms with Gasteiger partial charge < -0.3 is 4.74 Å². The Balaban J connectivity index is 2.50. The fourth-order valence-electron chi connectivity index (χ4n) is 0.933. The first-order chi connectivity index (χ1) is 6.59. The molecule has 14 heavy (non-hydrogen) atoms. The second kappa shape index (κ2) is 4.61. The van der Waals surface area contributed by atoms with E-state index in [1.54, 1.807) is 0 Å². The SMILES string of the molecule is C=C(F)C(=C)OCc1ccc(C)cc1. The number of aryl methyl sites for hydroxylation is 1. The molecular formula is C12H13FO. The third-order valence-electron chi connectivity index (χ3n) is 1.84. The van der Waals surface area contributed by atoms with Gasteiger partial charge in [0.25, 0.3) is 0 Å². The molecule has 2 heteroatoms. The summed E-state index contributed by atoms with van der Waals surface area (Å²) >= 11 is 0. The predicted octanol–water partition coefficient (Wildman–Crippen LogP) is 3.51. The van der Waals surface area contributed by atoms with Crippen molar-refractivity contribution in [2.24, 2.45) is 0 Å². The maximum atomic E-state index is 12.4. The standard InChI is InChI=1S/C12H13FO/c1-9-4-6-12(7-5-9)8-14-11(3)10(2)13/h4-7H,2-3,8H2,1H3. The predicted molar refractivity (Wildman–Crippen MR) is 55.4 cm³/mol. The molecule has 1 rings (SSSR count). The van der Waals surface area contributed by atoms with Crippen LogP contribution in [0, 0.1) is 6.92 Å². The highest BCUT2D eigenvalue weighted by Gasteiger charge is 1.99. The molecule has 0 fully saturated rings. The zero-order chi connectivity index (χ0) is 10.6. The van der Waals surface area contributed by atoms with Crippen LogP contribution < -0.4 is 0 Å². The van der Waals surface area contributed by atoms with E-state index < -0.39 is 5.83 Å². The first kappa shape index (κ1) is 10.5. The minimum Gasteiger partial charge on any atom is -0.486 e. The molecule has 0 N–H and O–H groups in total. The minimum atomic E-state index is -0.628. The maximum Gasteiger partial charge on any atom is 0.157 e. The van der Waals surface area contributed by atoms with Crippen molar-refractivity contribution >= 4 is 0 Å². The van der Waals surface area contributed by atoms with Crippen molar-refractivity contribution in [1.82, 2.24) is 0 Å². The average Bonchev–Trinajstić information content (AvgIpc) is 2.16. The summed E-state index contributed by atoms with van der Waals surface area (Å²) in [6, 6.07) is 7.82. The number of hydrogen-bond donors (Lipinski definition) is 0. The second-order valence-electron chi connectivity index (χ2n) is 3.10. The van der Waals surface area contributed by atoms with E-state index in [0.29, 0.717) is 6.61 Å². The number of hydrogen-bond acceptors (Lipinski definition) is 1. The Labute approximate surface area is 83.5 Å². The first-order valence-corrected chi connectivity index (χ1v) is 4.31. The highest BCUT2D eigenvalue weighted by Crippen LogP contribution is 2.11. The van der Waals surface area contributed by atoms with E-state index in [0.717, 1.165) is 5.56 Å². The molecule has 0 amide bonds. The van der Waals surface area contributed by atoms with Gasteiger partial charge in [0.2, 0.25) is 0 Å². The quantitative estimate of drug-likeness (QED) is 0.524. The second-order valence-corrected chi connectivity index (χ2v) is 3.10. The molecule has 0 aromatic heterocycles. The zero-order valence-electron chi connectivity index (χ0n) is 8.22. The molecule has 1 aromatic rings. The van der Waals surface area contributed by atoms with E-state index in [1.807, 2.05) is 31.2 Å². The van der Waals surface area contributed by atoms with Crippen LogP contribution in [0.25, 0.3) is 0 Å². The first-order valence-electron chi connectivity index (χ1n) is 4.31. The van der Waals surface area contributed by atoms with Crippen LogP contribution in [0.15, 0.2) is 49.0 Å². The van der Waals surface area contributed by atoms with Crippen LogP contribution in [0.4, 0.5) is 4.39 Å². The summed E-state index contributed by atoms with van der Waals surface area (Å²) in [6.07, 6.45) is 0. The Morgan fingerprint density at radius 1 is 1.29 bits per heavy atom. The van der Waals surface area contributed by atoms with Gasteiger partial charge in [-0.05, 0) is 12.5 Å². The van der Waals surface area contributed by atoms with Crippen molar-refractivity contribution in [3.8, 4) is 0 Å². The van der Waals surface area contributed by atoms with E-state index in [9.17, 15) is 4.39 Å². The van der Waals surface area contributed by atoms with Crippen molar-refractivity contribution in [3.63, 3.8) is 0 Å². The van der Waals surface area contributed by atoms with Gasteiger partial charge in [-0.1, -0.05) is 43.0 Å². The molecular weight excluding hydrogens is 179 g/mol. The van der Waals surface area contributed by atoms with Gasteiger partial charge in [0, 0.05) is 0 Å². The van der Waals surface area contributed by atoms with Gasteiger partial charge in [-0.2, -0.15) is 0 Å². The smallest absolute Gasteiger partial charge is 0.157 e. The van der Waals surface area contributed by atoms with Gasteiger partial charge in [-0.3, -0.25) is 0 Å².